The highest BCUT2D eigenvalue weighted by atomic mass is 32.2. The lowest BCUT2D eigenvalue weighted by Crippen LogP contribution is -2.42. The monoisotopic (exact) mass is 313 g/mol. The minimum atomic E-state index is -3.12. The second-order valence-electron chi connectivity index (χ2n) is 6.04. The zero-order valence-corrected chi connectivity index (χ0v) is 13.9. The van der Waals surface area contributed by atoms with E-state index in [-0.39, 0.29) is 6.04 Å². The number of benzene rings is 1. The summed E-state index contributed by atoms with van der Waals surface area (Å²) in [6, 6.07) is 7.35. The van der Waals surface area contributed by atoms with Gasteiger partial charge in [0.1, 0.15) is 0 Å². The summed E-state index contributed by atoms with van der Waals surface area (Å²) in [7, 11) is -3.12. The number of nitrogens with two attached hydrogens (primary N) is 1. The molecule has 1 saturated carbocycles. The molecular formula is C15H23NO2S2. The predicted molar refractivity (Wildman–Crippen MR) is 84.7 cm³/mol. The summed E-state index contributed by atoms with van der Waals surface area (Å²) >= 11 is 1.78. The Hall–Kier alpha value is -0.520. The molecule has 0 spiro atoms. The Bertz CT molecular complexity index is 542. The molecule has 0 aromatic heterocycles. The van der Waals surface area contributed by atoms with Crippen molar-refractivity contribution < 1.29 is 8.42 Å². The van der Waals surface area contributed by atoms with E-state index >= 15 is 0 Å². The maximum absolute atomic E-state index is 11.4. The lowest BCUT2D eigenvalue weighted by Gasteiger charge is -2.37. The molecule has 0 aliphatic heterocycles. The molecule has 1 fully saturated rings. The molecule has 1 aliphatic rings. The van der Waals surface area contributed by atoms with E-state index in [1.807, 2.05) is 12.1 Å². The van der Waals surface area contributed by atoms with Gasteiger partial charge in [0.25, 0.3) is 0 Å². The summed E-state index contributed by atoms with van der Waals surface area (Å²) in [5.74, 6) is 1.29. The van der Waals surface area contributed by atoms with Crippen LogP contribution in [0.15, 0.2) is 34.1 Å². The lowest BCUT2D eigenvalue weighted by molar-refractivity contribution is 0.279. The highest BCUT2D eigenvalue weighted by Crippen LogP contribution is 2.39. The number of hydrogen-bond donors (Lipinski definition) is 1. The second kappa shape index (κ2) is 6.08. The smallest absolute Gasteiger partial charge is 0.175 e. The average Bonchev–Trinajstić information content (AvgIpc) is 2.33. The highest BCUT2D eigenvalue weighted by Gasteiger charge is 2.32. The van der Waals surface area contributed by atoms with Crippen LogP contribution in [0.4, 0.5) is 0 Å². The van der Waals surface area contributed by atoms with Gasteiger partial charge in [-0.15, -0.1) is 11.8 Å². The van der Waals surface area contributed by atoms with Crippen molar-refractivity contribution in [1.29, 1.82) is 0 Å². The van der Waals surface area contributed by atoms with Crippen LogP contribution in [-0.2, 0) is 9.84 Å². The van der Waals surface area contributed by atoms with Gasteiger partial charge in [-0.25, -0.2) is 8.42 Å². The van der Waals surface area contributed by atoms with E-state index in [2.05, 4.69) is 13.8 Å². The number of rotatable bonds is 3. The van der Waals surface area contributed by atoms with Crippen molar-refractivity contribution in [2.24, 2.45) is 17.6 Å². The Kier molecular flexibility index (Phi) is 4.82. The van der Waals surface area contributed by atoms with Crippen molar-refractivity contribution in [3.8, 4) is 0 Å². The van der Waals surface area contributed by atoms with Gasteiger partial charge in [0, 0.05) is 22.4 Å². The Balaban J connectivity index is 2.10. The van der Waals surface area contributed by atoms with E-state index in [1.165, 1.54) is 12.7 Å². The normalized spacial score (nSPS) is 31.2. The van der Waals surface area contributed by atoms with Crippen LogP contribution in [0.25, 0.3) is 0 Å². The molecule has 1 aliphatic carbocycles. The third-order valence-corrected chi connectivity index (χ3v) is 6.71. The van der Waals surface area contributed by atoms with Crippen LogP contribution in [0.1, 0.15) is 26.7 Å². The molecule has 3 nitrogen and oxygen atoms in total. The second-order valence-corrected chi connectivity index (χ2v) is 9.31. The fourth-order valence-electron chi connectivity index (χ4n) is 3.01. The molecule has 4 atom stereocenters. The van der Waals surface area contributed by atoms with E-state index in [0.29, 0.717) is 22.0 Å². The maximum atomic E-state index is 11.4. The van der Waals surface area contributed by atoms with Gasteiger partial charge in [-0.2, -0.15) is 0 Å². The third kappa shape index (κ3) is 3.77. The van der Waals surface area contributed by atoms with Crippen LogP contribution in [0.3, 0.4) is 0 Å². The van der Waals surface area contributed by atoms with Crippen molar-refractivity contribution in [3.05, 3.63) is 24.3 Å². The number of hydrogen-bond acceptors (Lipinski definition) is 4. The summed E-state index contributed by atoms with van der Waals surface area (Å²) in [6.07, 6.45) is 3.52. The standard InChI is InChI=1S/C15H23NO2S2/c1-10-8-11(2)15(14(16)9-10)19-12-4-6-13(7-5-12)20(3,17)18/h4-7,10-11,14-15H,8-9,16H2,1-3H3. The minimum absolute atomic E-state index is 0.216. The number of thioether (sulfide) groups is 1. The molecule has 20 heavy (non-hydrogen) atoms. The van der Waals surface area contributed by atoms with Gasteiger partial charge < -0.3 is 5.73 Å². The maximum Gasteiger partial charge on any atom is 0.175 e. The molecule has 4 unspecified atom stereocenters. The molecule has 0 saturated heterocycles. The Labute approximate surface area is 126 Å². The summed E-state index contributed by atoms with van der Waals surface area (Å²) in [5, 5.41) is 0.412. The first kappa shape index (κ1) is 15.9. The van der Waals surface area contributed by atoms with Crippen LogP contribution in [0.5, 0.6) is 0 Å². The molecule has 1 aromatic rings. The van der Waals surface area contributed by atoms with Gasteiger partial charge in [-0.1, -0.05) is 13.8 Å². The molecule has 0 heterocycles. The van der Waals surface area contributed by atoms with E-state index < -0.39 is 9.84 Å². The molecule has 2 N–H and O–H groups in total. The van der Waals surface area contributed by atoms with E-state index in [4.69, 9.17) is 5.73 Å². The zero-order valence-electron chi connectivity index (χ0n) is 12.2. The molecule has 0 amide bonds. The van der Waals surface area contributed by atoms with E-state index in [0.717, 1.165) is 11.3 Å². The predicted octanol–water partition coefficient (Wildman–Crippen LogP) is 2.94. The molecule has 112 valence electrons. The molecular weight excluding hydrogens is 290 g/mol. The van der Waals surface area contributed by atoms with Crippen molar-refractivity contribution in [3.63, 3.8) is 0 Å². The van der Waals surface area contributed by atoms with Gasteiger partial charge in [-0.05, 0) is 48.9 Å². The quantitative estimate of drug-likeness (QED) is 0.932. The molecule has 0 bridgehead atoms. The first-order valence-electron chi connectivity index (χ1n) is 6.99. The topological polar surface area (TPSA) is 60.2 Å². The largest absolute Gasteiger partial charge is 0.327 e. The van der Waals surface area contributed by atoms with Crippen molar-refractivity contribution in [1.82, 2.24) is 0 Å². The fraction of sp³-hybridized carbons (Fsp3) is 0.600. The Morgan fingerprint density at radius 2 is 1.75 bits per heavy atom. The highest BCUT2D eigenvalue weighted by molar-refractivity contribution is 8.00. The first-order chi connectivity index (χ1) is 9.27. The summed E-state index contributed by atoms with van der Waals surface area (Å²) < 4.78 is 22.9. The average molecular weight is 313 g/mol. The van der Waals surface area contributed by atoms with E-state index in [9.17, 15) is 8.42 Å². The zero-order chi connectivity index (χ0) is 14.9. The Morgan fingerprint density at radius 1 is 1.15 bits per heavy atom. The van der Waals surface area contributed by atoms with Gasteiger partial charge in [0.05, 0.1) is 4.90 Å². The molecule has 0 radical (unpaired) electrons. The third-order valence-electron chi connectivity index (χ3n) is 3.96. The molecule has 5 heteroatoms. The van der Waals surface area contributed by atoms with Gasteiger partial charge in [0.15, 0.2) is 9.84 Å². The van der Waals surface area contributed by atoms with Crippen LogP contribution in [0.2, 0.25) is 0 Å². The van der Waals surface area contributed by atoms with Crippen molar-refractivity contribution in [2.45, 2.75) is 47.8 Å². The van der Waals surface area contributed by atoms with Gasteiger partial charge >= 0.3 is 0 Å². The van der Waals surface area contributed by atoms with Crippen LogP contribution >= 0.6 is 11.8 Å². The van der Waals surface area contributed by atoms with Crippen LogP contribution in [-0.4, -0.2) is 26.0 Å². The van der Waals surface area contributed by atoms with Crippen molar-refractivity contribution >= 4 is 21.6 Å². The summed E-state index contributed by atoms with van der Waals surface area (Å²) in [4.78, 5) is 1.47. The molecule has 1 aromatic carbocycles. The van der Waals surface area contributed by atoms with Crippen molar-refractivity contribution in [2.75, 3.05) is 6.26 Å². The van der Waals surface area contributed by atoms with Crippen LogP contribution in [0, 0.1) is 11.8 Å². The number of sulfone groups is 1. The SMILES string of the molecule is CC1CC(C)C(Sc2ccc(S(C)(=O)=O)cc2)C(N)C1. The lowest BCUT2D eigenvalue weighted by atomic mass is 9.80. The van der Waals surface area contributed by atoms with Gasteiger partial charge in [-0.3, -0.25) is 0 Å². The fourth-order valence-corrected chi connectivity index (χ4v) is 4.88. The Morgan fingerprint density at radius 3 is 2.25 bits per heavy atom. The van der Waals surface area contributed by atoms with Gasteiger partial charge in [0.2, 0.25) is 0 Å². The molecule has 2 rings (SSSR count). The minimum Gasteiger partial charge on any atom is -0.327 e. The van der Waals surface area contributed by atoms with E-state index in [1.54, 1.807) is 23.9 Å². The first-order valence-corrected chi connectivity index (χ1v) is 9.77. The van der Waals surface area contributed by atoms with Crippen LogP contribution < -0.4 is 5.73 Å². The summed E-state index contributed by atoms with van der Waals surface area (Å²) in [5.41, 5.74) is 6.29. The summed E-state index contributed by atoms with van der Waals surface area (Å²) in [6.45, 7) is 4.52.